The van der Waals surface area contributed by atoms with E-state index in [1.807, 2.05) is 43.3 Å². The van der Waals surface area contributed by atoms with Gasteiger partial charge in [-0.05, 0) is 55.7 Å². The van der Waals surface area contributed by atoms with Crippen LogP contribution in [0.4, 0.5) is 8.78 Å². The summed E-state index contributed by atoms with van der Waals surface area (Å²) in [5, 5.41) is 2.83. The first-order valence-corrected chi connectivity index (χ1v) is 8.78. The number of nitrogens with one attached hydrogen (secondary N) is 1. The lowest BCUT2D eigenvalue weighted by Crippen LogP contribution is -2.34. The number of likely N-dealkylation sites (N-methyl/N-ethyl adjacent to an activating group) is 1. The number of thioether (sulfide) groups is 1. The van der Waals surface area contributed by atoms with Crippen molar-refractivity contribution in [1.29, 1.82) is 0 Å². The van der Waals surface area contributed by atoms with E-state index in [-0.39, 0.29) is 28.4 Å². The Kier molecular flexibility index (Phi) is 7.35. The Hall–Kier alpha value is -2.19. The number of hydrogen-bond donors (Lipinski definition) is 1. The normalized spacial score (nSPS) is 12.3. The van der Waals surface area contributed by atoms with Gasteiger partial charge in [-0.1, -0.05) is 12.1 Å². The highest BCUT2D eigenvalue weighted by molar-refractivity contribution is 7.99. The topological polar surface area (TPSA) is 54.5 Å². The minimum atomic E-state index is -2.64. The van der Waals surface area contributed by atoms with Crippen molar-refractivity contribution in [2.75, 3.05) is 27.7 Å². The predicted molar refractivity (Wildman–Crippen MR) is 97.9 cm³/mol. The van der Waals surface area contributed by atoms with Crippen LogP contribution in [0.2, 0.25) is 0 Å². The van der Waals surface area contributed by atoms with Crippen LogP contribution in [0.15, 0.2) is 47.6 Å². The molecule has 2 rings (SSSR count). The number of nitrogens with zero attached hydrogens (tertiary/aromatic N) is 2. The molecule has 1 aromatic carbocycles. The van der Waals surface area contributed by atoms with Gasteiger partial charge in [0.15, 0.2) is 0 Å². The van der Waals surface area contributed by atoms with Crippen molar-refractivity contribution >= 4 is 17.7 Å². The Morgan fingerprint density at radius 1 is 1.31 bits per heavy atom. The van der Waals surface area contributed by atoms with Crippen molar-refractivity contribution in [2.45, 2.75) is 16.8 Å². The van der Waals surface area contributed by atoms with E-state index in [0.717, 1.165) is 11.3 Å². The summed E-state index contributed by atoms with van der Waals surface area (Å²) >= 11 is 0.263. The van der Waals surface area contributed by atoms with Gasteiger partial charge in [0.25, 0.3) is 11.7 Å². The van der Waals surface area contributed by atoms with Crippen LogP contribution in [0.3, 0.4) is 0 Å². The van der Waals surface area contributed by atoms with E-state index >= 15 is 0 Å². The number of halogens is 2. The highest BCUT2D eigenvalue weighted by Crippen LogP contribution is 2.26. The lowest BCUT2D eigenvalue weighted by atomic mass is 10.1. The summed E-state index contributed by atoms with van der Waals surface area (Å²) in [4.78, 5) is 18.3. The molecule has 1 amide bonds. The maximum absolute atomic E-state index is 12.6. The van der Waals surface area contributed by atoms with Gasteiger partial charge >= 0.3 is 0 Å². The number of carbonyl (C=O) groups is 1. The molecule has 1 heterocycles. The molecule has 0 aliphatic rings. The summed E-state index contributed by atoms with van der Waals surface area (Å²) in [6.45, 7) is 0.312. The summed E-state index contributed by atoms with van der Waals surface area (Å²) in [6.07, 6.45) is 1.39. The van der Waals surface area contributed by atoms with Crippen molar-refractivity contribution < 1.29 is 18.3 Å². The van der Waals surface area contributed by atoms with E-state index in [0.29, 0.717) is 6.54 Å². The van der Waals surface area contributed by atoms with Gasteiger partial charge in [0.05, 0.1) is 18.7 Å². The van der Waals surface area contributed by atoms with E-state index in [2.05, 4.69) is 10.3 Å². The summed E-state index contributed by atoms with van der Waals surface area (Å²) in [7, 11) is 5.40. The Morgan fingerprint density at radius 3 is 2.73 bits per heavy atom. The number of benzene rings is 1. The first-order chi connectivity index (χ1) is 12.4. The second kappa shape index (κ2) is 9.49. The van der Waals surface area contributed by atoms with Gasteiger partial charge in [-0.25, -0.2) is 4.98 Å². The van der Waals surface area contributed by atoms with Gasteiger partial charge in [-0.3, -0.25) is 4.79 Å². The summed E-state index contributed by atoms with van der Waals surface area (Å²) in [6, 6.07) is 10.5. The number of amides is 1. The van der Waals surface area contributed by atoms with Gasteiger partial charge in [0.2, 0.25) is 0 Å². The summed E-state index contributed by atoms with van der Waals surface area (Å²) < 4.78 is 30.5. The fourth-order valence-electron chi connectivity index (χ4n) is 2.47. The molecule has 26 heavy (non-hydrogen) atoms. The Bertz CT molecular complexity index is 744. The lowest BCUT2D eigenvalue weighted by molar-refractivity contribution is 0.0938. The van der Waals surface area contributed by atoms with Gasteiger partial charge in [0.1, 0.15) is 10.8 Å². The fourth-order valence-corrected chi connectivity index (χ4v) is 3.05. The molecule has 0 spiro atoms. The molecule has 0 aliphatic carbocycles. The van der Waals surface area contributed by atoms with Crippen LogP contribution in [0.25, 0.3) is 0 Å². The molecular formula is C18H21F2N3O2S. The van der Waals surface area contributed by atoms with Crippen LogP contribution in [0.5, 0.6) is 5.75 Å². The van der Waals surface area contributed by atoms with Crippen molar-refractivity contribution in [2.24, 2.45) is 0 Å². The van der Waals surface area contributed by atoms with Gasteiger partial charge in [-0.2, -0.15) is 8.78 Å². The maximum atomic E-state index is 12.6. The number of ether oxygens (including phenoxy) is 1. The summed E-state index contributed by atoms with van der Waals surface area (Å²) in [5.74, 6) is -2.35. The smallest absolute Gasteiger partial charge is 0.290 e. The molecule has 1 aromatic heterocycles. The van der Waals surface area contributed by atoms with Crippen LogP contribution < -0.4 is 10.1 Å². The Morgan fingerprint density at radius 2 is 2.08 bits per heavy atom. The second-order valence-corrected chi connectivity index (χ2v) is 6.68. The molecule has 1 N–H and O–H groups in total. The fraction of sp³-hybridized carbons (Fsp3) is 0.333. The van der Waals surface area contributed by atoms with Gasteiger partial charge in [-0.15, -0.1) is 0 Å². The average molecular weight is 381 g/mol. The number of pyridine rings is 1. The van der Waals surface area contributed by atoms with E-state index in [9.17, 15) is 13.6 Å². The molecule has 0 aliphatic heterocycles. The molecule has 2 aromatic rings. The number of aromatic nitrogens is 1. The highest BCUT2D eigenvalue weighted by Gasteiger charge is 2.20. The molecule has 1 atom stereocenters. The number of rotatable bonds is 8. The monoisotopic (exact) mass is 381 g/mol. The molecule has 5 nitrogen and oxygen atoms in total. The van der Waals surface area contributed by atoms with Gasteiger partial charge < -0.3 is 15.0 Å². The zero-order chi connectivity index (χ0) is 19.1. The van der Waals surface area contributed by atoms with Gasteiger partial charge in [0, 0.05) is 12.7 Å². The van der Waals surface area contributed by atoms with Crippen LogP contribution in [-0.4, -0.2) is 49.3 Å². The third kappa shape index (κ3) is 5.40. The van der Waals surface area contributed by atoms with Crippen LogP contribution in [0, 0.1) is 0 Å². The van der Waals surface area contributed by atoms with E-state index in [4.69, 9.17) is 4.74 Å². The van der Waals surface area contributed by atoms with Crippen molar-refractivity contribution in [1.82, 2.24) is 15.2 Å². The molecule has 0 bridgehead atoms. The first-order valence-electron chi connectivity index (χ1n) is 7.90. The van der Waals surface area contributed by atoms with Crippen LogP contribution in [0.1, 0.15) is 22.0 Å². The van der Waals surface area contributed by atoms with Crippen LogP contribution in [-0.2, 0) is 0 Å². The zero-order valence-corrected chi connectivity index (χ0v) is 15.6. The van der Waals surface area contributed by atoms with Crippen molar-refractivity contribution in [3.05, 3.63) is 53.7 Å². The van der Waals surface area contributed by atoms with E-state index in [1.54, 1.807) is 13.2 Å². The predicted octanol–water partition coefficient (Wildman–Crippen LogP) is 3.44. The SMILES string of the molecule is COc1cccc(C(CNC(=O)c2cccnc2SC(F)F)N(C)C)c1. The van der Waals surface area contributed by atoms with Crippen LogP contribution >= 0.6 is 11.8 Å². The quantitative estimate of drug-likeness (QED) is 0.710. The molecule has 0 fully saturated rings. The minimum Gasteiger partial charge on any atom is -0.497 e. The van der Waals surface area contributed by atoms with E-state index in [1.165, 1.54) is 12.3 Å². The zero-order valence-electron chi connectivity index (χ0n) is 14.8. The third-order valence-corrected chi connectivity index (χ3v) is 4.50. The number of methoxy groups -OCH3 is 1. The maximum Gasteiger partial charge on any atom is 0.290 e. The average Bonchev–Trinajstić information content (AvgIpc) is 2.61. The Labute approximate surface area is 155 Å². The lowest BCUT2D eigenvalue weighted by Gasteiger charge is -2.25. The molecular weight excluding hydrogens is 360 g/mol. The summed E-state index contributed by atoms with van der Waals surface area (Å²) in [5.41, 5.74) is 1.11. The van der Waals surface area contributed by atoms with Crippen molar-refractivity contribution in [3.63, 3.8) is 0 Å². The molecule has 0 saturated carbocycles. The molecule has 0 saturated heterocycles. The molecule has 0 radical (unpaired) electrons. The van der Waals surface area contributed by atoms with Crippen molar-refractivity contribution in [3.8, 4) is 5.75 Å². The minimum absolute atomic E-state index is 0.0165. The molecule has 8 heteroatoms. The number of hydrogen-bond acceptors (Lipinski definition) is 5. The molecule has 1 unspecified atom stereocenters. The first kappa shape index (κ1) is 20.1. The third-order valence-electron chi connectivity index (χ3n) is 3.77. The Balaban J connectivity index is 2.13. The molecule has 140 valence electrons. The standard InChI is InChI=1S/C18H21F2N3O2S/c1-23(2)15(12-6-4-7-13(10-12)25-3)11-22-16(24)14-8-5-9-21-17(14)26-18(19)20/h4-10,15,18H,11H2,1-3H3,(H,22,24). The number of carbonyl (C=O) groups excluding carboxylic acids is 1. The second-order valence-electron chi connectivity index (χ2n) is 5.70. The number of alkyl halides is 2. The van der Waals surface area contributed by atoms with E-state index < -0.39 is 11.7 Å². The largest absolute Gasteiger partial charge is 0.497 e. The highest BCUT2D eigenvalue weighted by atomic mass is 32.2.